The van der Waals surface area contributed by atoms with Gasteiger partial charge in [-0.2, -0.15) is 0 Å². The fraction of sp³-hybridized carbons (Fsp3) is 0.304. The number of morpholine rings is 1. The molecule has 2 heterocycles. The molecule has 1 aliphatic heterocycles. The lowest BCUT2D eigenvalue weighted by Crippen LogP contribution is -2.38. The van der Waals surface area contributed by atoms with Gasteiger partial charge in [0.05, 0.1) is 24.7 Å². The number of rotatable bonds is 6. The number of imide groups is 1. The van der Waals surface area contributed by atoms with Gasteiger partial charge in [0.15, 0.2) is 5.16 Å². The van der Waals surface area contributed by atoms with Crippen LogP contribution >= 0.6 is 11.8 Å². The first-order chi connectivity index (χ1) is 16.0. The Bertz CT molecular complexity index is 1130. The van der Waals surface area contributed by atoms with E-state index < -0.39 is 11.9 Å². The molecular formula is C23H26N6O3S. The fourth-order valence-electron chi connectivity index (χ4n) is 3.46. The summed E-state index contributed by atoms with van der Waals surface area (Å²) < 4.78 is 7.38. The number of amides is 3. The molecule has 9 nitrogen and oxygen atoms in total. The van der Waals surface area contributed by atoms with Crippen molar-refractivity contribution in [2.75, 3.05) is 42.3 Å². The van der Waals surface area contributed by atoms with Crippen LogP contribution in [-0.2, 0) is 9.53 Å². The first-order valence-electron chi connectivity index (χ1n) is 10.7. The largest absolute Gasteiger partial charge is 0.378 e. The fourth-order valence-corrected chi connectivity index (χ4v) is 4.21. The van der Waals surface area contributed by atoms with E-state index in [1.54, 1.807) is 6.07 Å². The highest BCUT2D eigenvalue weighted by Gasteiger charge is 2.22. The summed E-state index contributed by atoms with van der Waals surface area (Å²) in [6, 6.07) is 14.8. The van der Waals surface area contributed by atoms with E-state index in [-0.39, 0.29) is 5.75 Å². The molecule has 0 bridgehead atoms. The van der Waals surface area contributed by atoms with Crippen molar-refractivity contribution in [1.29, 1.82) is 0 Å². The number of aryl methyl sites for hydroxylation is 1. The van der Waals surface area contributed by atoms with Crippen LogP contribution in [-0.4, -0.2) is 58.8 Å². The van der Waals surface area contributed by atoms with Gasteiger partial charge in [0.25, 0.3) is 0 Å². The third-order valence-corrected chi connectivity index (χ3v) is 6.29. The minimum absolute atomic E-state index is 0.0221. The second kappa shape index (κ2) is 10.5. The van der Waals surface area contributed by atoms with E-state index in [0.717, 1.165) is 16.8 Å². The number of benzene rings is 2. The van der Waals surface area contributed by atoms with Crippen LogP contribution in [0, 0.1) is 13.8 Å². The Morgan fingerprint density at radius 1 is 1.03 bits per heavy atom. The summed E-state index contributed by atoms with van der Waals surface area (Å²) in [6.45, 7) is 6.58. The van der Waals surface area contributed by atoms with Crippen LogP contribution < -0.4 is 15.5 Å². The molecule has 172 valence electrons. The summed E-state index contributed by atoms with van der Waals surface area (Å²) in [4.78, 5) is 26.9. The lowest BCUT2D eigenvalue weighted by atomic mass is 10.1. The summed E-state index contributed by atoms with van der Waals surface area (Å²) in [5, 5.41) is 14.4. The van der Waals surface area contributed by atoms with E-state index in [4.69, 9.17) is 4.74 Å². The molecule has 3 amide bonds. The Morgan fingerprint density at radius 2 is 1.79 bits per heavy atom. The molecule has 0 aliphatic carbocycles. The number of hydrogen-bond acceptors (Lipinski definition) is 7. The van der Waals surface area contributed by atoms with Gasteiger partial charge in [0, 0.05) is 18.8 Å². The quantitative estimate of drug-likeness (QED) is 0.538. The van der Waals surface area contributed by atoms with Crippen LogP contribution in [0.1, 0.15) is 11.1 Å². The normalized spacial score (nSPS) is 13.6. The SMILES string of the molecule is Cc1cccc(NC(=O)NC(=O)CSc2nnc(N3CCOCC3)n2-c2ccccc2)c1C. The molecule has 4 rings (SSSR count). The number of carbonyl (C=O) groups excluding carboxylic acids is 2. The van der Waals surface area contributed by atoms with Crippen molar-refractivity contribution in [3.63, 3.8) is 0 Å². The third kappa shape index (κ3) is 5.52. The predicted molar refractivity (Wildman–Crippen MR) is 128 cm³/mol. The summed E-state index contributed by atoms with van der Waals surface area (Å²) in [5.41, 5.74) is 3.60. The van der Waals surface area contributed by atoms with E-state index in [1.807, 2.05) is 60.9 Å². The zero-order chi connectivity index (χ0) is 23.2. The van der Waals surface area contributed by atoms with E-state index in [1.165, 1.54) is 11.8 Å². The maximum absolute atomic E-state index is 12.4. The van der Waals surface area contributed by atoms with E-state index in [2.05, 4.69) is 25.7 Å². The minimum Gasteiger partial charge on any atom is -0.378 e. The van der Waals surface area contributed by atoms with Crippen LogP contribution in [0.3, 0.4) is 0 Å². The highest BCUT2D eigenvalue weighted by atomic mass is 32.2. The second-order valence-electron chi connectivity index (χ2n) is 7.59. The Morgan fingerprint density at radius 3 is 2.55 bits per heavy atom. The van der Waals surface area contributed by atoms with Crippen LogP contribution in [0.4, 0.5) is 16.4 Å². The summed E-state index contributed by atoms with van der Waals surface area (Å²) >= 11 is 1.23. The molecule has 3 aromatic rings. The van der Waals surface area contributed by atoms with Crippen LogP contribution in [0.2, 0.25) is 0 Å². The average molecular weight is 467 g/mol. The van der Waals surface area contributed by atoms with Gasteiger partial charge in [-0.25, -0.2) is 4.79 Å². The number of nitrogens with one attached hydrogen (secondary N) is 2. The molecule has 33 heavy (non-hydrogen) atoms. The molecule has 1 aliphatic rings. The van der Waals surface area contributed by atoms with Gasteiger partial charge in [-0.1, -0.05) is 42.1 Å². The second-order valence-corrected chi connectivity index (χ2v) is 8.53. The van der Waals surface area contributed by atoms with Crippen molar-refractivity contribution in [3.8, 4) is 5.69 Å². The molecule has 0 unspecified atom stereocenters. The van der Waals surface area contributed by atoms with Crippen LogP contribution in [0.5, 0.6) is 0 Å². The van der Waals surface area contributed by atoms with Crippen LogP contribution in [0.25, 0.3) is 5.69 Å². The van der Waals surface area contributed by atoms with Gasteiger partial charge >= 0.3 is 6.03 Å². The van der Waals surface area contributed by atoms with E-state index >= 15 is 0 Å². The van der Waals surface area contributed by atoms with Gasteiger partial charge in [-0.05, 0) is 43.2 Å². The Balaban J connectivity index is 1.43. The van der Waals surface area contributed by atoms with Gasteiger partial charge in [-0.3, -0.25) is 14.7 Å². The zero-order valence-electron chi connectivity index (χ0n) is 18.6. The van der Waals surface area contributed by atoms with Crippen molar-refractivity contribution in [2.24, 2.45) is 0 Å². The van der Waals surface area contributed by atoms with Gasteiger partial charge in [0.2, 0.25) is 11.9 Å². The van der Waals surface area contributed by atoms with Gasteiger partial charge < -0.3 is 15.0 Å². The predicted octanol–water partition coefficient (Wildman–Crippen LogP) is 3.16. The maximum atomic E-state index is 12.4. The summed E-state index contributed by atoms with van der Waals surface area (Å²) in [7, 11) is 0. The number of para-hydroxylation sites is 1. The van der Waals surface area contributed by atoms with Gasteiger partial charge in [0.1, 0.15) is 0 Å². The van der Waals surface area contributed by atoms with E-state index in [0.29, 0.717) is 43.1 Å². The Hall–Kier alpha value is -3.37. The summed E-state index contributed by atoms with van der Waals surface area (Å²) in [5.74, 6) is 0.312. The highest BCUT2D eigenvalue weighted by Crippen LogP contribution is 2.27. The molecule has 1 fully saturated rings. The first-order valence-corrected chi connectivity index (χ1v) is 11.6. The number of aromatic nitrogens is 3. The molecule has 0 saturated carbocycles. The molecule has 0 spiro atoms. The molecule has 2 N–H and O–H groups in total. The number of carbonyl (C=O) groups is 2. The van der Waals surface area contributed by atoms with Crippen molar-refractivity contribution >= 4 is 35.3 Å². The molecular weight excluding hydrogens is 440 g/mol. The van der Waals surface area contributed by atoms with Gasteiger partial charge in [-0.15, -0.1) is 10.2 Å². The monoisotopic (exact) mass is 466 g/mol. The number of nitrogens with zero attached hydrogens (tertiary/aromatic N) is 4. The number of anilines is 2. The van der Waals surface area contributed by atoms with Crippen molar-refractivity contribution in [1.82, 2.24) is 20.1 Å². The van der Waals surface area contributed by atoms with Crippen LogP contribution in [0.15, 0.2) is 53.7 Å². The smallest absolute Gasteiger partial charge is 0.325 e. The third-order valence-electron chi connectivity index (χ3n) is 5.36. The van der Waals surface area contributed by atoms with Crippen molar-refractivity contribution < 1.29 is 14.3 Å². The standard InChI is InChI=1S/C23H26N6O3S/c1-16-7-6-10-19(17(16)2)24-21(31)25-20(30)15-33-23-27-26-22(28-11-13-32-14-12-28)29(23)18-8-4-3-5-9-18/h3-10H,11-15H2,1-2H3,(H2,24,25,30,31). The maximum Gasteiger partial charge on any atom is 0.325 e. The average Bonchev–Trinajstić information content (AvgIpc) is 3.26. The summed E-state index contributed by atoms with van der Waals surface area (Å²) in [6.07, 6.45) is 0. The Kier molecular flexibility index (Phi) is 7.26. The number of hydrogen-bond donors (Lipinski definition) is 2. The van der Waals surface area contributed by atoms with Crippen molar-refractivity contribution in [3.05, 3.63) is 59.7 Å². The van der Waals surface area contributed by atoms with E-state index in [9.17, 15) is 9.59 Å². The lowest BCUT2D eigenvalue weighted by molar-refractivity contribution is -0.117. The van der Waals surface area contributed by atoms with Crippen molar-refractivity contribution in [2.45, 2.75) is 19.0 Å². The molecule has 0 radical (unpaired) electrons. The molecule has 1 saturated heterocycles. The molecule has 10 heteroatoms. The molecule has 1 aromatic heterocycles. The number of thioether (sulfide) groups is 1. The molecule has 2 aromatic carbocycles. The molecule has 0 atom stereocenters. The zero-order valence-corrected chi connectivity index (χ0v) is 19.4. The minimum atomic E-state index is -0.562. The number of urea groups is 1. The topological polar surface area (TPSA) is 101 Å². The Labute approximate surface area is 196 Å². The number of ether oxygens (including phenoxy) is 1. The lowest BCUT2D eigenvalue weighted by Gasteiger charge is -2.27. The highest BCUT2D eigenvalue weighted by molar-refractivity contribution is 7.99. The first kappa shape index (κ1) is 22.8.